The monoisotopic (exact) mass is 697 g/mol. The molecule has 9 heteroatoms. The number of aromatic carboxylic acids is 2. The fourth-order valence-electron chi connectivity index (χ4n) is 7.24. The summed E-state index contributed by atoms with van der Waals surface area (Å²) in [5.41, 5.74) is 6.58. The van der Waals surface area contributed by atoms with Gasteiger partial charge in [0.25, 0.3) is 0 Å². The van der Waals surface area contributed by atoms with E-state index in [1.807, 2.05) is 6.07 Å². The standard InChI is InChI=1S/C23H16O6.C19H19NOS/c24-20-16(14-7-3-1-5-12(14)9-18(20)22(26)27)11-17-15-8-4-2-6-13(15)10-19(21(17)25)23(28)29;1-20-9-6-13(7-10-20)18-15-5-3-2-4-14(15)12-17(21)19-16(18)8-11-22-19/h1-10,24-25H,11H2,(H,26,27)(H,28,29);2-5,8,11H,6-7,9-10,12H2,1H3. The molecule has 2 heterocycles. The minimum atomic E-state index is -1.28. The number of hydrogen-bond acceptors (Lipinski definition) is 7. The fourth-order valence-corrected chi connectivity index (χ4v) is 8.08. The summed E-state index contributed by atoms with van der Waals surface area (Å²) in [7, 11) is 2.18. The Morgan fingerprint density at radius 2 is 1.25 bits per heavy atom. The summed E-state index contributed by atoms with van der Waals surface area (Å²) >= 11 is 1.59. The highest BCUT2D eigenvalue weighted by molar-refractivity contribution is 7.12. The van der Waals surface area contributed by atoms with Crippen LogP contribution in [0.2, 0.25) is 0 Å². The Morgan fingerprint density at radius 3 is 1.82 bits per heavy atom. The highest BCUT2D eigenvalue weighted by atomic mass is 32.1. The Kier molecular flexibility index (Phi) is 9.16. The van der Waals surface area contributed by atoms with Crippen LogP contribution in [-0.2, 0) is 12.8 Å². The van der Waals surface area contributed by atoms with Crippen LogP contribution in [0.15, 0.2) is 102 Å². The average molecular weight is 698 g/mol. The molecule has 1 aromatic heterocycles. The van der Waals surface area contributed by atoms with Gasteiger partial charge in [0, 0.05) is 42.6 Å². The van der Waals surface area contributed by atoms with Crippen LogP contribution in [0.3, 0.4) is 0 Å². The summed E-state index contributed by atoms with van der Waals surface area (Å²) in [5.74, 6) is -3.09. The summed E-state index contributed by atoms with van der Waals surface area (Å²) in [6.07, 6.45) is 2.69. The molecule has 8 nitrogen and oxygen atoms in total. The summed E-state index contributed by atoms with van der Waals surface area (Å²) in [6.45, 7) is 2.21. The number of Topliss-reactive ketones (excluding diaryl/α,β-unsaturated/α-hetero) is 1. The molecule has 4 N–H and O–H groups in total. The van der Waals surface area contributed by atoms with E-state index in [2.05, 4.69) is 41.6 Å². The number of aromatic hydroxyl groups is 2. The lowest BCUT2D eigenvalue weighted by atomic mass is 9.88. The van der Waals surface area contributed by atoms with Crippen molar-refractivity contribution >= 4 is 56.2 Å². The molecule has 0 spiro atoms. The predicted octanol–water partition coefficient (Wildman–Crippen LogP) is 8.41. The Hall–Kier alpha value is -5.77. The number of carbonyl (C=O) groups excluding carboxylic acids is 1. The van der Waals surface area contributed by atoms with Crippen LogP contribution >= 0.6 is 11.3 Å². The molecular weight excluding hydrogens is 663 g/mol. The highest BCUT2D eigenvalue weighted by Crippen LogP contribution is 2.41. The van der Waals surface area contributed by atoms with Crippen molar-refractivity contribution in [2.45, 2.75) is 25.7 Å². The highest BCUT2D eigenvalue weighted by Gasteiger charge is 2.28. The van der Waals surface area contributed by atoms with Crippen molar-refractivity contribution in [1.82, 2.24) is 4.90 Å². The summed E-state index contributed by atoms with van der Waals surface area (Å²) in [4.78, 5) is 39.1. The second-order valence-corrected chi connectivity index (χ2v) is 13.9. The molecule has 0 bridgehead atoms. The second kappa shape index (κ2) is 13.9. The summed E-state index contributed by atoms with van der Waals surface area (Å²) in [6, 6.07) is 27.4. The number of likely N-dealkylation sites (tertiary alicyclic amines) is 1. The lowest BCUT2D eigenvalue weighted by Gasteiger charge is -2.27. The molecule has 8 rings (SSSR count). The van der Waals surface area contributed by atoms with Crippen LogP contribution < -0.4 is 0 Å². The number of carboxylic acids is 2. The number of phenols is 2. The maximum Gasteiger partial charge on any atom is 0.339 e. The van der Waals surface area contributed by atoms with E-state index < -0.39 is 23.4 Å². The van der Waals surface area contributed by atoms with E-state index in [0.29, 0.717) is 39.1 Å². The van der Waals surface area contributed by atoms with E-state index in [1.165, 1.54) is 40.0 Å². The third kappa shape index (κ3) is 6.38. The van der Waals surface area contributed by atoms with Crippen molar-refractivity contribution in [2.24, 2.45) is 0 Å². The first kappa shape index (κ1) is 33.7. The quantitative estimate of drug-likeness (QED) is 0.144. The molecule has 256 valence electrons. The second-order valence-electron chi connectivity index (χ2n) is 12.9. The van der Waals surface area contributed by atoms with E-state index in [-0.39, 0.29) is 23.3 Å². The first-order chi connectivity index (χ1) is 24.6. The topological polar surface area (TPSA) is 135 Å². The van der Waals surface area contributed by atoms with Gasteiger partial charge < -0.3 is 25.3 Å². The van der Waals surface area contributed by atoms with Crippen LogP contribution in [0.5, 0.6) is 11.5 Å². The minimum Gasteiger partial charge on any atom is -0.507 e. The molecule has 1 fully saturated rings. The van der Waals surface area contributed by atoms with Gasteiger partial charge in [0.1, 0.15) is 22.6 Å². The average Bonchev–Trinajstić information content (AvgIpc) is 3.57. The van der Waals surface area contributed by atoms with Crippen LogP contribution in [0.1, 0.15) is 71.0 Å². The minimum absolute atomic E-state index is 0.0407. The number of nitrogens with zero attached hydrogens (tertiary/aromatic N) is 1. The van der Waals surface area contributed by atoms with Crippen molar-refractivity contribution in [1.29, 1.82) is 0 Å². The first-order valence-corrected chi connectivity index (χ1v) is 17.5. The maximum absolute atomic E-state index is 12.6. The third-order valence-electron chi connectivity index (χ3n) is 9.84. The van der Waals surface area contributed by atoms with Crippen LogP contribution in [0.4, 0.5) is 0 Å². The van der Waals surface area contributed by atoms with Crippen LogP contribution in [-0.4, -0.2) is 63.2 Å². The fraction of sp³-hybridized carbons (Fsp3) is 0.167. The summed E-state index contributed by atoms with van der Waals surface area (Å²) < 4.78 is 0. The number of carboxylic acid groups (broad SMARTS) is 2. The molecule has 0 unspecified atom stereocenters. The number of hydrogen-bond donors (Lipinski definition) is 4. The first-order valence-electron chi connectivity index (χ1n) is 16.7. The van der Waals surface area contributed by atoms with Crippen molar-refractivity contribution in [2.75, 3.05) is 20.1 Å². The van der Waals surface area contributed by atoms with Gasteiger partial charge in [0.15, 0.2) is 5.78 Å². The molecule has 51 heavy (non-hydrogen) atoms. The Morgan fingerprint density at radius 1 is 0.725 bits per heavy atom. The number of thiophene rings is 1. The predicted molar refractivity (Wildman–Crippen MR) is 199 cm³/mol. The molecule has 6 aromatic rings. The third-order valence-corrected chi connectivity index (χ3v) is 10.8. The van der Waals surface area contributed by atoms with E-state index >= 15 is 0 Å². The SMILES string of the molecule is CN1CCC(=C2c3ccccc3CC(=O)c3sccc32)CC1.O=C(O)c1cc2ccccc2c(Cc2c(O)c(C(=O)O)cc3ccccc23)c1O. The van der Waals surface area contributed by atoms with Gasteiger partial charge in [-0.05, 0) is 81.7 Å². The maximum atomic E-state index is 12.6. The van der Waals surface area contributed by atoms with Gasteiger partial charge >= 0.3 is 11.9 Å². The van der Waals surface area contributed by atoms with Gasteiger partial charge in [-0.2, -0.15) is 0 Å². The van der Waals surface area contributed by atoms with Gasteiger partial charge in [-0.3, -0.25) is 4.79 Å². The van der Waals surface area contributed by atoms with Crippen LogP contribution in [0, 0.1) is 0 Å². The Bertz CT molecular complexity index is 2300. The zero-order valence-electron chi connectivity index (χ0n) is 27.8. The van der Waals surface area contributed by atoms with Crippen molar-refractivity contribution in [3.05, 3.63) is 146 Å². The number of fused-ring (bicyclic) bond motifs is 4. The van der Waals surface area contributed by atoms with Gasteiger partial charge in [-0.15, -0.1) is 11.3 Å². The number of piperidine rings is 1. The lowest BCUT2D eigenvalue weighted by molar-refractivity contribution is 0.0682. The molecule has 5 aromatic carbocycles. The van der Waals surface area contributed by atoms with E-state index in [0.717, 1.165) is 30.8 Å². The van der Waals surface area contributed by atoms with Gasteiger partial charge in [0.05, 0.1) is 4.88 Å². The number of rotatable bonds is 4. The zero-order chi connectivity index (χ0) is 35.8. The molecule has 2 aliphatic rings. The number of benzene rings is 5. The molecule has 0 amide bonds. The zero-order valence-corrected chi connectivity index (χ0v) is 28.7. The van der Waals surface area contributed by atoms with Crippen LogP contribution in [0.25, 0.3) is 27.1 Å². The van der Waals surface area contributed by atoms with Gasteiger partial charge in [-0.1, -0.05) is 78.4 Å². The van der Waals surface area contributed by atoms with Crippen molar-refractivity contribution in [3.63, 3.8) is 0 Å². The lowest BCUT2D eigenvalue weighted by Crippen LogP contribution is -2.27. The Labute approximate surface area is 298 Å². The van der Waals surface area contributed by atoms with E-state index in [1.54, 1.807) is 59.9 Å². The molecule has 1 saturated heterocycles. The van der Waals surface area contributed by atoms with E-state index in [9.17, 15) is 34.8 Å². The Balaban J connectivity index is 0.000000165. The van der Waals surface area contributed by atoms with Crippen molar-refractivity contribution in [3.8, 4) is 11.5 Å². The molecule has 1 aliphatic carbocycles. The number of ketones is 1. The normalized spacial score (nSPS) is 14.4. The van der Waals surface area contributed by atoms with E-state index in [4.69, 9.17) is 0 Å². The smallest absolute Gasteiger partial charge is 0.339 e. The number of carbonyl (C=O) groups is 3. The molecule has 0 atom stereocenters. The van der Waals surface area contributed by atoms with Gasteiger partial charge in [0.2, 0.25) is 0 Å². The molecule has 0 radical (unpaired) electrons. The largest absolute Gasteiger partial charge is 0.507 e. The molecule has 0 saturated carbocycles. The van der Waals surface area contributed by atoms with Gasteiger partial charge in [-0.25, -0.2) is 9.59 Å². The molecule has 1 aliphatic heterocycles. The molecular formula is C42H35NO7S. The van der Waals surface area contributed by atoms with Crippen molar-refractivity contribution < 1.29 is 34.8 Å². The summed E-state index contributed by atoms with van der Waals surface area (Å²) in [5, 5.41) is 44.9.